The summed E-state index contributed by atoms with van der Waals surface area (Å²) in [6, 6.07) is 7.65. The molecule has 0 aromatic heterocycles. The minimum absolute atomic E-state index is 0. The molecule has 0 atom stereocenters. The molecular formula is C21H35IN4O3. The fourth-order valence-electron chi connectivity index (χ4n) is 2.89. The number of carbonyl (C=O) groups is 1. The molecule has 0 bridgehead atoms. The molecule has 1 heterocycles. The second-order valence-electron chi connectivity index (χ2n) is 6.66. The lowest BCUT2D eigenvalue weighted by Crippen LogP contribution is -2.40. The van der Waals surface area contributed by atoms with Gasteiger partial charge in [0.2, 0.25) is 0 Å². The molecule has 1 aliphatic rings. The average Bonchev–Trinajstić information content (AvgIpc) is 2.71. The zero-order valence-electron chi connectivity index (χ0n) is 17.6. The highest BCUT2D eigenvalue weighted by Crippen LogP contribution is 2.31. The van der Waals surface area contributed by atoms with Crippen LogP contribution in [-0.2, 0) is 9.53 Å². The van der Waals surface area contributed by atoms with Gasteiger partial charge < -0.3 is 25.0 Å². The number of hydrogen-bond acceptors (Lipinski definition) is 4. The zero-order chi connectivity index (χ0) is 20.0. The highest BCUT2D eigenvalue weighted by Gasteiger charge is 2.24. The van der Waals surface area contributed by atoms with Gasteiger partial charge in [0.05, 0.1) is 5.69 Å². The Morgan fingerprint density at radius 2 is 1.97 bits per heavy atom. The lowest BCUT2D eigenvalue weighted by atomic mass is 10.2. The van der Waals surface area contributed by atoms with Crippen molar-refractivity contribution in [2.45, 2.75) is 39.5 Å². The predicted octanol–water partition coefficient (Wildman–Crippen LogP) is 3.18. The van der Waals surface area contributed by atoms with Crippen molar-refractivity contribution in [1.29, 1.82) is 0 Å². The molecule has 0 saturated heterocycles. The number of nitrogens with one attached hydrogen (secondary N) is 2. The van der Waals surface area contributed by atoms with Gasteiger partial charge in [0.1, 0.15) is 5.75 Å². The van der Waals surface area contributed by atoms with Crippen molar-refractivity contribution < 1.29 is 14.3 Å². The molecule has 1 aromatic carbocycles. The number of anilines is 1. The molecule has 2 rings (SSSR count). The van der Waals surface area contributed by atoms with Gasteiger partial charge in [-0.05, 0) is 38.3 Å². The summed E-state index contributed by atoms with van der Waals surface area (Å²) in [6.07, 6.45) is 4.02. The van der Waals surface area contributed by atoms with Gasteiger partial charge in [0.25, 0.3) is 5.91 Å². The Bertz CT molecular complexity index is 628. The topological polar surface area (TPSA) is 75.2 Å². The Morgan fingerprint density at radius 1 is 1.17 bits per heavy atom. The van der Waals surface area contributed by atoms with E-state index in [4.69, 9.17) is 9.47 Å². The largest absolute Gasteiger partial charge is 0.482 e. The molecule has 1 aromatic rings. The third-order valence-electron chi connectivity index (χ3n) is 4.36. The maximum Gasteiger partial charge on any atom is 0.265 e. The molecule has 0 unspecified atom stereocenters. The van der Waals surface area contributed by atoms with Crippen LogP contribution in [0, 0.1) is 0 Å². The third kappa shape index (κ3) is 9.20. The predicted molar refractivity (Wildman–Crippen MR) is 129 cm³/mol. The first-order valence-electron chi connectivity index (χ1n) is 10.4. The molecule has 29 heavy (non-hydrogen) atoms. The SMILES string of the molecule is CCCCOCCCNC(=NCCCN1C(=O)COc2ccccc21)NCC.I. The van der Waals surface area contributed by atoms with Gasteiger partial charge >= 0.3 is 0 Å². The van der Waals surface area contributed by atoms with Crippen molar-refractivity contribution in [3.8, 4) is 5.75 Å². The number of halogens is 1. The van der Waals surface area contributed by atoms with E-state index in [9.17, 15) is 4.79 Å². The van der Waals surface area contributed by atoms with Crippen LogP contribution in [0.15, 0.2) is 29.3 Å². The lowest BCUT2D eigenvalue weighted by molar-refractivity contribution is -0.121. The number of carbonyl (C=O) groups excluding carboxylic acids is 1. The first kappa shape index (κ1) is 25.5. The summed E-state index contributed by atoms with van der Waals surface area (Å²) in [4.78, 5) is 18.6. The number of benzene rings is 1. The summed E-state index contributed by atoms with van der Waals surface area (Å²) in [6.45, 7) is 8.85. The van der Waals surface area contributed by atoms with Gasteiger partial charge in [-0.2, -0.15) is 0 Å². The maximum absolute atomic E-state index is 12.2. The Balaban J connectivity index is 0.00000420. The van der Waals surface area contributed by atoms with Crippen molar-refractivity contribution in [2.24, 2.45) is 4.99 Å². The van der Waals surface area contributed by atoms with Gasteiger partial charge in [0.15, 0.2) is 12.6 Å². The Labute approximate surface area is 191 Å². The van der Waals surface area contributed by atoms with E-state index in [-0.39, 0.29) is 36.5 Å². The van der Waals surface area contributed by atoms with E-state index in [2.05, 4.69) is 22.5 Å². The monoisotopic (exact) mass is 518 g/mol. The van der Waals surface area contributed by atoms with Gasteiger partial charge in [0, 0.05) is 39.4 Å². The molecule has 0 fully saturated rings. The van der Waals surface area contributed by atoms with E-state index >= 15 is 0 Å². The maximum atomic E-state index is 12.2. The molecule has 0 saturated carbocycles. The van der Waals surface area contributed by atoms with E-state index in [1.54, 1.807) is 4.90 Å². The van der Waals surface area contributed by atoms with Gasteiger partial charge in [-0.1, -0.05) is 25.5 Å². The van der Waals surface area contributed by atoms with Crippen LogP contribution >= 0.6 is 24.0 Å². The van der Waals surface area contributed by atoms with E-state index in [1.165, 1.54) is 0 Å². The Hall–Kier alpha value is -1.55. The van der Waals surface area contributed by atoms with Crippen LogP contribution in [-0.4, -0.2) is 57.9 Å². The molecule has 1 aliphatic heterocycles. The van der Waals surface area contributed by atoms with Crippen LogP contribution < -0.4 is 20.3 Å². The highest BCUT2D eigenvalue weighted by molar-refractivity contribution is 14.0. The zero-order valence-corrected chi connectivity index (χ0v) is 19.9. The fraction of sp³-hybridized carbons (Fsp3) is 0.619. The van der Waals surface area contributed by atoms with Crippen LogP contribution in [0.25, 0.3) is 0 Å². The first-order valence-corrected chi connectivity index (χ1v) is 10.4. The van der Waals surface area contributed by atoms with E-state index in [0.717, 1.165) is 69.4 Å². The Kier molecular flexibility index (Phi) is 13.5. The summed E-state index contributed by atoms with van der Waals surface area (Å²) in [5.41, 5.74) is 0.843. The molecule has 164 valence electrons. The average molecular weight is 518 g/mol. The molecule has 8 heteroatoms. The molecule has 2 N–H and O–H groups in total. The quantitative estimate of drug-likeness (QED) is 0.193. The Morgan fingerprint density at radius 3 is 2.76 bits per heavy atom. The first-order chi connectivity index (χ1) is 13.8. The number of aliphatic imine (C=N–C) groups is 1. The van der Waals surface area contributed by atoms with Gasteiger partial charge in [-0.15, -0.1) is 24.0 Å². The van der Waals surface area contributed by atoms with E-state index in [1.807, 2.05) is 31.2 Å². The number of rotatable bonds is 12. The minimum atomic E-state index is -0.00390. The summed E-state index contributed by atoms with van der Waals surface area (Å²) >= 11 is 0. The van der Waals surface area contributed by atoms with E-state index < -0.39 is 0 Å². The molecule has 1 amide bonds. The van der Waals surface area contributed by atoms with Crippen molar-refractivity contribution in [2.75, 3.05) is 50.9 Å². The van der Waals surface area contributed by atoms with Crippen molar-refractivity contribution in [3.63, 3.8) is 0 Å². The normalized spacial score (nSPS) is 13.4. The molecule has 0 spiro atoms. The summed E-state index contributed by atoms with van der Waals surface area (Å²) in [5.74, 6) is 1.57. The summed E-state index contributed by atoms with van der Waals surface area (Å²) in [7, 11) is 0. The number of amides is 1. The fourth-order valence-corrected chi connectivity index (χ4v) is 2.89. The molecule has 7 nitrogen and oxygen atoms in total. The van der Waals surface area contributed by atoms with Crippen molar-refractivity contribution in [3.05, 3.63) is 24.3 Å². The van der Waals surface area contributed by atoms with Crippen LogP contribution in [0.5, 0.6) is 5.75 Å². The number of nitrogens with zero attached hydrogens (tertiary/aromatic N) is 2. The second-order valence-corrected chi connectivity index (χ2v) is 6.66. The second kappa shape index (κ2) is 15.3. The van der Waals surface area contributed by atoms with Crippen molar-refractivity contribution in [1.82, 2.24) is 10.6 Å². The van der Waals surface area contributed by atoms with Gasteiger partial charge in [-0.25, -0.2) is 0 Å². The number of para-hydroxylation sites is 2. The number of hydrogen-bond donors (Lipinski definition) is 2. The van der Waals surface area contributed by atoms with Crippen LogP contribution in [0.3, 0.4) is 0 Å². The number of ether oxygens (including phenoxy) is 2. The summed E-state index contributed by atoms with van der Waals surface area (Å²) in [5, 5.41) is 6.59. The van der Waals surface area contributed by atoms with Crippen LogP contribution in [0.1, 0.15) is 39.5 Å². The van der Waals surface area contributed by atoms with E-state index in [0.29, 0.717) is 13.1 Å². The third-order valence-corrected chi connectivity index (χ3v) is 4.36. The van der Waals surface area contributed by atoms with Crippen molar-refractivity contribution >= 4 is 41.5 Å². The lowest BCUT2D eigenvalue weighted by Gasteiger charge is -2.29. The molecular weight excluding hydrogens is 483 g/mol. The summed E-state index contributed by atoms with van der Waals surface area (Å²) < 4.78 is 11.1. The van der Waals surface area contributed by atoms with Crippen LogP contribution in [0.4, 0.5) is 5.69 Å². The highest BCUT2D eigenvalue weighted by atomic mass is 127. The van der Waals surface area contributed by atoms with Gasteiger partial charge in [-0.3, -0.25) is 9.79 Å². The smallest absolute Gasteiger partial charge is 0.265 e. The molecule has 0 radical (unpaired) electrons. The molecule has 0 aliphatic carbocycles. The number of guanidine groups is 1. The minimum Gasteiger partial charge on any atom is -0.482 e. The standard InChI is InChI=1S/C21H34N4O3.HI/c1-3-5-15-27-16-9-13-24-21(22-4-2)23-12-8-14-25-18-10-6-7-11-19(18)28-17-20(25)26;/h6-7,10-11H,3-5,8-9,12-17H2,1-2H3,(H2,22,23,24);1H. The number of fused-ring (bicyclic) bond motifs is 1. The number of unbranched alkanes of at least 4 members (excludes halogenated alkanes) is 1. The van der Waals surface area contributed by atoms with Crippen LogP contribution in [0.2, 0.25) is 0 Å².